The second-order valence-electron chi connectivity index (χ2n) is 6.72. The highest BCUT2D eigenvalue weighted by atomic mass is 32.2. The van der Waals surface area contributed by atoms with Gasteiger partial charge in [-0.05, 0) is 43.3 Å². The first kappa shape index (κ1) is 18.3. The molecule has 0 bridgehead atoms. The van der Waals surface area contributed by atoms with Gasteiger partial charge < -0.3 is 0 Å². The van der Waals surface area contributed by atoms with Crippen LogP contribution in [-0.2, 0) is 15.4 Å². The molecule has 0 aliphatic heterocycles. The van der Waals surface area contributed by atoms with Crippen molar-refractivity contribution in [1.29, 1.82) is 0 Å². The average molecular weight is 378 g/mol. The number of benzene rings is 1. The lowest BCUT2D eigenvalue weighted by Crippen LogP contribution is -2.41. The van der Waals surface area contributed by atoms with E-state index in [0.29, 0.717) is 12.1 Å². The molecular weight excluding hydrogens is 354 g/mol. The van der Waals surface area contributed by atoms with Gasteiger partial charge in [0.25, 0.3) is 0 Å². The highest BCUT2D eigenvalue weighted by Gasteiger charge is 2.36. The lowest BCUT2D eigenvalue weighted by atomic mass is 9.73. The maximum Gasteiger partial charge on any atom is 0.240 e. The molecule has 25 heavy (non-hydrogen) atoms. The summed E-state index contributed by atoms with van der Waals surface area (Å²) in [5.74, 6) is -0.0734. The van der Waals surface area contributed by atoms with Crippen LogP contribution in [-0.4, -0.2) is 20.7 Å². The highest BCUT2D eigenvalue weighted by molar-refractivity contribution is 7.89. The molecule has 1 aromatic heterocycles. The van der Waals surface area contributed by atoms with Gasteiger partial charge in [-0.1, -0.05) is 37.5 Å². The van der Waals surface area contributed by atoms with E-state index < -0.39 is 10.0 Å². The van der Waals surface area contributed by atoms with Crippen molar-refractivity contribution in [3.8, 4) is 0 Å². The first-order valence-electron chi connectivity index (χ1n) is 8.58. The molecule has 0 saturated heterocycles. The molecule has 1 saturated carbocycles. The normalized spacial score (nSPS) is 17.3. The van der Waals surface area contributed by atoms with Crippen LogP contribution >= 0.6 is 11.3 Å². The summed E-state index contributed by atoms with van der Waals surface area (Å²) in [6.45, 7) is 1.89. The van der Waals surface area contributed by atoms with Crippen LogP contribution < -0.4 is 4.72 Å². The van der Waals surface area contributed by atoms with Gasteiger partial charge in [-0.2, -0.15) is 0 Å². The third-order valence-corrected chi connectivity index (χ3v) is 7.56. The van der Waals surface area contributed by atoms with Gasteiger partial charge in [-0.15, -0.1) is 11.3 Å². The minimum atomic E-state index is -3.59. The summed E-state index contributed by atoms with van der Waals surface area (Å²) in [7, 11) is -3.59. The summed E-state index contributed by atoms with van der Waals surface area (Å²) >= 11 is 1.71. The Kier molecular flexibility index (Phi) is 5.41. The summed E-state index contributed by atoms with van der Waals surface area (Å²) in [4.78, 5) is 12.8. The zero-order valence-electron chi connectivity index (χ0n) is 14.3. The molecule has 0 spiro atoms. The molecular formula is C19H23NO3S2. The first-order valence-corrected chi connectivity index (χ1v) is 10.9. The summed E-state index contributed by atoms with van der Waals surface area (Å²) < 4.78 is 28.2. The third-order valence-electron chi connectivity index (χ3n) is 5.03. The van der Waals surface area contributed by atoms with Crippen molar-refractivity contribution in [2.75, 3.05) is 6.54 Å². The molecule has 0 radical (unpaired) electrons. The Morgan fingerprint density at radius 2 is 1.80 bits per heavy atom. The quantitative estimate of drug-likeness (QED) is 0.770. The molecule has 2 aromatic rings. The molecule has 134 valence electrons. The van der Waals surface area contributed by atoms with Gasteiger partial charge in [0.05, 0.1) is 4.90 Å². The Morgan fingerprint density at radius 1 is 1.12 bits per heavy atom. The summed E-state index contributed by atoms with van der Waals surface area (Å²) in [6, 6.07) is 10.3. The van der Waals surface area contributed by atoms with Crippen LogP contribution in [0.15, 0.2) is 46.7 Å². The van der Waals surface area contributed by atoms with E-state index in [0.717, 1.165) is 25.7 Å². The SMILES string of the molecule is CC(=O)c1ccc(S(=O)(=O)NCC2(c3cccs3)CCCCC2)cc1. The van der Waals surface area contributed by atoms with E-state index in [-0.39, 0.29) is 16.1 Å². The van der Waals surface area contributed by atoms with Crippen LogP contribution in [0.4, 0.5) is 0 Å². The molecule has 0 amide bonds. The Labute approximate surface area is 153 Å². The maximum atomic E-state index is 12.7. The molecule has 6 heteroatoms. The Balaban J connectivity index is 1.79. The molecule has 3 rings (SSSR count). The minimum Gasteiger partial charge on any atom is -0.295 e. The van der Waals surface area contributed by atoms with Crippen molar-refractivity contribution < 1.29 is 13.2 Å². The monoisotopic (exact) mass is 377 g/mol. The van der Waals surface area contributed by atoms with Crippen molar-refractivity contribution in [3.05, 3.63) is 52.2 Å². The molecule has 1 N–H and O–H groups in total. The summed E-state index contributed by atoms with van der Waals surface area (Å²) in [5.41, 5.74) is 0.417. The number of nitrogens with one attached hydrogen (secondary N) is 1. The van der Waals surface area contributed by atoms with E-state index >= 15 is 0 Å². The maximum absolute atomic E-state index is 12.7. The highest BCUT2D eigenvalue weighted by Crippen LogP contribution is 2.41. The smallest absolute Gasteiger partial charge is 0.240 e. The van der Waals surface area contributed by atoms with Crippen LogP contribution in [0, 0.1) is 0 Å². The number of hydrogen-bond acceptors (Lipinski definition) is 4. The van der Waals surface area contributed by atoms with Gasteiger partial charge in [0, 0.05) is 22.4 Å². The number of rotatable bonds is 6. The fourth-order valence-electron chi connectivity index (χ4n) is 3.50. The molecule has 0 atom stereocenters. The summed E-state index contributed by atoms with van der Waals surface area (Å²) in [5, 5.41) is 2.06. The largest absolute Gasteiger partial charge is 0.295 e. The Bertz CT molecular complexity index is 818. The molecule has 1 aromatic carbocycles. The van der Waals surface area contributed by atoms with Gasteiger partial charge in [-0.3, -0.25) is 4.79 Å². The second-order valence-corrected chi connectivity index (χ2v) is 9.44. The standard InChI is InChI=1S/C19H23NO3S2/c1-15(21)16-7-9-17(10-8-16)25(22,23)20-14-19(11-3-2-4-12-19)18-6-5-13-24-18/h5-10,13,20H,2-4,11-12,14H2,1H3. The molecule has 1 aliphatic rings. The number of ketones is 1. The van der Waals surface area contributed by atoms with Gasteiger partial charge in [0.15, 0.2) is 5.78 Å². The molecule has 1 fully saturated rings. The van der Waals surface area contributed by atoms with Crippen molar-refractivity contribution in [1.82, 2.24) is 4.72 Å². The van der Waals surface area contributed by atoms with Gasteiger partial charge >= 0.3 is 0 Å². The van der Waals surface area contributed by atoms with E-state index in [1.165, 1.54) is 30.4 Å². The van der Waals surface area contributed by atoms with Crippen LogP contribution in [0.5, 0.6) is 0 Å². The van der Waals surface area contributed by atoms with Gasteiger partial charge in [0.1, 0.15) is 0 Å². The van der Waals surface area contributed by atoms with Crippen LogP contribution in [0.3, 0.4) is 0 Å². The van der Waals surface area contributed by atoms with Crippen molar-refractivity contribution in [2.24, 2.45) is 0 Å². The topological polar surface area (TPSA) is 63.2 Å². The zero-order chi connectivity index (χ0) is 17.9. The van der Waals surface area contributed by atoms with Crippen LogP contribution in [0.1, 0.15) is 54.3 Å². The number of Topliss-reactive ketones (excluding diaryl/α,β-unsaturated/α-hetero) is 1. The zero-order valence-corrected chi connectivity index (χ0v) is 16.0. The molecule has 1 heterocycles. The average Bonchev–Trinajstić information content (AvgIpc) is 3.16. The van der Waals surface area contributed by atoms with E-state index in [1.54, 1.807) is 23.5 Å². The molecule has 1 aliphatic carbocycles. The Morgan fingerprint density at radius 3 is 2.36 bits per heavy atom. The summed E-state index contributed by atoms with van der Waals surface area (Å²) in [6.07, 6.45) is 5.50. The number of carbonyl (C=O) groups is 1. The van der Waals surface area contributed by atoms with Crippen molar-refractivity contribution in [3.63, 3.8) is 0 Å². The van der Waals surface area contributed by atoms with Gasteiger partial charge in [0.2, 0.25) is 10.0 Å². The van der Waals surface area contributed by atoms with Crippen LogP contribution in [0.25, 0.3) is 0 Å². The van der Waals surface area contributed by atoms with Crippen molar-refractivity contribution in [2.45, 2.75) is 49.3 Å². The predicted molar refractivity (Wildman–Crippen MR) is 101 cm³/mol. The number of thiophene rings is 1. The fourth-order valence-corrected chi connectivity index (χ4v) is 5.62. The minimum absolute atomic E-state index is 0.0734. The van der Waals surface area contributed by atoms with E-state index in [2.05, 4.69) is 16.2 Å². The van der Waals surface area contributed by atoms with Crippen LogP contribution in [0.2, 0.25) is 0 Å². The lowest BCUT2D eigenvalue weighted by molar-refractivity contribution is 0.101. The molecule has 0 unspecified atom stereocenters. The lowest BCUT2D eigenvalue weighted by Gasteiger charge is -2.36. The third kappa shape index (κ3) is 4.02. The predicted octanol–water partition coefficient (Wildman–Crippen LogP) is 4.13. The number of hydrogen-bond donors (Lipinski definition) is 1. The van der Waals surface area contributed by atoms with E-state index in [9.17, 15) is 13.2 Å². The molecule has 4 nitrogen and oxygen atoms in total. The van der Waals surface area contributed by atoms with E-state index in [1.807, 2.05) is 6.07 Å². The van der Waals surface area contributed by atoms with Crippen molar-refractivity contribution >= 4 is 27.1 Å². The van der Waals surface area contributed by atoms with Gasteiger partial charge in [-0.25, -0.2) is 13.1 Å². The van der Waals surface area contributed by atoms with E-state index in [4.69, 9.17) is 0 Å². The fraction of sp³-hybridized carbons (Fsp3) is 0.421. The second kappa shape index (κ2) is 7.40. The Hall–Kier alpha value is -1.50. The first-order chi connectivity index (χ1) is 11.9. The number of carbonyl (C=O) groups excluding carboxylic acids is 1. The number of sulfonamides is 1.